The van der Waals surface area contributed by atoms with Gasteiger partial charge in [-0.3, -0.25) is 0 Å². The molecule has 1 aliphatic carbocycles. The summed E-state index contributed by atoms with van der Waals surface area (Å²) < 4.78 is 0. The zero-order valence-corrected chi connectivity index (χ0v) is 31.5. The molecular formula is C55H39N. The molecule has 1 nitrogen and oxygen atoms in total. The van der Waals surface area contributed by atoms with Crippen LogP contribution in [0.5, 0.6) is 0 Å². The van der Waals surface area contributed by atoms with Gasteiger partial charge < -0.3 is 4.90 Å². The lowest BCUT2D eigenvalue weighted by atomic mass is 9.82. The molecule has 1 aliphatic rings. The number of anilines is 3. The van der Waals surface area contributed by atoms with Crippen molar-refractivity contribution in [1.29, 1.82) is 0 Å². The Morgan fingerprint density at radius 3 is 1.66 bits per heavy atom. The van der Waals surface area contributed by atoms with Crippen molar-refractivity contribution in [3.63, 3.8) is 0 Å². The zero-order valence-electron chi connectivity index (χ0n) is 31.5. The van der Waals surface area contributed by atoms with E-state index in [4.69, 9.17) is 0 Å². The van der Waals surface area contributed by atoms with E-state index in [1.165, 1.54) is 93.3 Å². The van der Waals surface area contributed by atoms with E-state index in [1.807, 2.05) is 0 Å². The van der Waals surface area contributed by atoms with Crippen molar-refractivity contribution in [1.82, 2.24) is 0 Å². The Labute approximate surface area is 327 Å². The fourth-order valence-corrected chi connectivity index (χ4v) is 9.47. The van der Waals surface area contributed by atoms with Crippen LogP contribution in [0.15, 0.2) is 200 Å². The van der Waals surface area contributed by atoms with Crippen molar-refractivity contribution in [2.75, 3.05) is 4.90 Å². The maximum atomic E-state index is 2.54. The average Bonchev–Trinajstić information content (AvgIpc) is 3.49. The molecule has 10 aromatic carbocycles. The van der Waals surface area contributed by atoms with Gasteiger partial charge in [-0.25, -0.2) is 0 Å². The minimum Gasteiger partial charge on any atom is -0.309 e. The summed E-state index contributed by atoms with van der Waals surface area (Å²) in [6.45, 7) is 4.74. The quantitative estimate of drug-likeness (QED) is 0.161. The first-order valence-electron chi connectivity index (χ1n) is 19.6. The van der Waals surface area contributed by atoms with Gasteiger partial charge in [0.25, 0.3) is 0 Å². The van der Waals surface area contributed by atoms with Crippen molar-refractivity contribution in [3.05, 3.63) is 211 Å². The molecule has 0 unspecified atom stereocenters. The highest BCUT2D eigenvalue weighted by Crippen LogP contribution is 2.53. The van der Waals surface area contributed by atoms with Gasteiger partial charge in [0.05, 0.1) is 5.69 Å². The van der Waals surface area contributed by atoms with Crippen LogP contribution in [0.25, 0.3) is 76.5 Å². The highest BCUT2D eigenvalue weighted by atomic mass is 15.1. The van der Waals surface area contributed by atoms with Crippen LogP contribution in [0.1, 0.15) is 25.0 Å². The van der Waals surface area contributed by atoms with Gasteiger partial charge in [0, 0.05) is 27.7 Å². The molecule has 0 N–H and O–H groups in total. The van der Waals surface area contributed by atoms with Gasteiger partial charge in [0.15, 0.2) is 0 Å². The molecule has 0 aromatic heterocycles. The summed E-state index contributed by atoms with van der Waals surface area (Å²) in [4.78, 5) is 2.54. The number of hydrogen-bond donors (Lipinski definition) is 0. The van der Waals surface area contributed by atoms with E-state index in [-0.39, 0.29) is 5.41 Å². The summed E-state index contributed by atoms with van der Waals surface area (Å²) in [6.07, 6.45) is 0. The molecule has 0 amide bonds. The minimum atomic E-state index is -0.141. The van der Waals surface area contributed by atoms with Crippen LogP contribution in [0.4, 0.5) is 17.1 Å². The second kappa shape index (κ2) is 12.5. The Hall–Kier alpha value is -6.96. The Bertz CT molecular complexity index is 3120. The van der Waals surface area contributed by atoms with Crippen molar-refractivity contribution < 1.29 is 0 Å². The second-order valence-corrected chi connectivity index (χ2v) is 15.7. The lowest BCUT2D eigenvalue weighted by Gasteiger charge is -2.32. The fourth-order valence-electron chi connectivity index (χ4n) is 9.47. The number of hydrogen-bond acceptors (Lipinski definition) is 1. The number of fused-ring (bicyclic) bond motifs is 10. The topological polar surface area (TPSA) is 3.24 Å². The van der Waals surface area contributed by atoms with Crippen LogP contribution in [-0.4, -0.2) is 0 Å². The second-order valence-electron chi connectivity index (χ2n) is 15.7. The van der Waals surface area contributed by atoms with E-state index in [9.17, 15) is 0 Å². The molecular weight excluding hydrogens is 675 g/mol. The molecule has 56 heavy (non-hydrogen) atoms. The third-order valence-electron chi connectivity index (χ3n) is 12.2. The smallest absolute Gasteiger partial charge is 0.0624 e. The molecule has 10 aromatic rings. The standard InChI is InChI=1S/C55H39N/c1-55(2)51-23-13-12-21-47(51)48-31-30-42(35-52(48)55)56(41-28-26-37(27-29-41)40-25-24-36-14-6-7-17-39(36)34-40)54-43(38-15-4-3-5-16-38)32-33-50-46-20-9-8-18-44(46)45-19-10-11-22-49(45)53(50)54/h3-35H,1-2H3. The summed E-state index contributed by atoms with van der Waals surface area (Å²) >= 11 is 0. The SMILES string of the molecule is CC1(C)c2ccccc2-c2ccc(N(c3ccc(-c4ccc5ccccc5c4)cc3)c3c(-c4ccccc4)ccc4c5ccccc5c5ccccc5c34)cc21. The summed E-state index contributed by atoms with van der Waals surface area (Å²) in [5.41, 5.74) is 13.5. The van der Waals surface area contributed by atoms with E-state index < -0.39 is 0 Å². The van der Waals surface area contributed by atoms with Crippen molar-refractivity contribution in [2.24, 2.45) is 0 Å². The Kier molecular flexibility index (Phi) is 7.28. The van der Waals surface area contributed by atoms with Gasteiger partial charge in [-0.15, -0.1) is 0 Å². The molecule has 0 fully saturated rings. The number of nitrogens with zero attached hydrogens (tertiary/aromatic N) is 1. The molecule has 0 heterocycles. The van der Waals surface area contributed by atoms with Crippen LogP contribution in [0.2, 0.25) is 0 Å². The van der Waals surface area contributed by atoms with E-state index in [2.05, 4.69) is 219 Å². The first kappa shape index (κ1) is 32.5. The monoisotopic (exact) mass is 713 g/mol. The summed E-state index contributed by atoms with van der Waals surface area (Å²) in [5.74, 6) is 0. The molecule has 1 heteroatoms. The Morgan fingerprint density at radius 2 is 0.893 bits per heavy atom. The van der Waals surface area contributed by atoms with E-state index in [0.29, 0.717) is 0 Å². The molecule has 0 bridgehead atoms. The van der Waals surface area contributed by atoms with Crippen LogP contribution in [-0.2, 0) is 5.41 Å². The molecule has 11 rings (SSSR count). The van der Waals surface area contributed by atoms with E-state index in [1.54, 1.807) is 0 Å². The van der Waals surface area contributed by atoms with Crippen molar-refractivity contribution in [2.45, 2.75) is 19.3 Å². The van der Waals surface area contributed by atoms with Gasteiger partial charge in [0.1, 0.15) is 0 Å². The molecule has 0 saturated carbocycles. The highest BCUT2D eigenvalue weighted by molar-refractivity contribution is 6.30. The van der Waals surface area contributed by atoms with Crippen LogP contribution in [0.3, 0.4) is 0 Å². The predicted molar refractivity (Wildman–Crippen MR) is 240 cm³/mol. The van der Waals surface area contributed by atoms with E-state index in [0.717, 1.165) is 11.4 Å². The first-order valence-corrected chi connectivity index (χ1v) is 19.6. The zero-order chi connectivity index (χ0) is 37.4. The fraction of sp³-hybridized carbons (Fsp3) is 0.0545. The molecule has 0 aliphatic heterocycles. The molecule has 0 radical (unpaired) electrons. The molecule has 0 saturated heterocycles. The Morgan fingerprint density at radius 1 is 0.339 bits per heavy atom. The normalized spacial score (nSPS) is 13.0. The summed E-state index contributed by atoms with van der Waals surface area (Å²) in [7, 11) is 0. The largest absolute Gasteiger partial charge is 0.309 e. The number of rotatable bonds is 5. The van der Waals surface area contributed by atoms with Gasteiger partial charge in [-0.2, -0.15) is 0 Å². The average molecular weight is 714 g/mol. The highest BCUT2D eigenvalue weighted by Gasteiger charge is 2.36. The summed E-state index contributed by atoms with van der Waals surface area (Å²) in [6, 6.07) is 74.1. The van der Waals surface area contributed by atoms with Crippen molar-refractivity contribution >= 4 is 60.2 Å². The third kappa shape index (κ3) is 4.94. The van der Waals surface area contributed by atoms with Gasteiger partial charge in [-0.05, 0) is 107 Å². The van der Waals surface area contributed by atoms with Crippen molar-refractivity contribution in [3.8, 4) is 33.4 Å². The minimum absolute atomic E-state index is 0.141. The molecule has 0 spiro atoms. The first-order chi connectivity index (χ1) is 27.5. The van der Waals surface area contributed by atoms with Crippen LogP contribution >= 0.6 is 0 Å². The summed E-state index contributed by atoms with van der Waals surface area (Å²) in [5, 5.41) is 10.1. The maximum absolute atomic E-state index is 2.54. The molecule has 264 valence electrons. The number of benzene rings is 10. The van der Waals surface area contributed by atoms with Crippen LogP contribution in [0, 0.1) is 0 Å². The third-order valence-corrected chi connectivity index (χ3v) is 12.2. The van der Waals surface area contributed by atoms with Gasteiger partial charge in [-0.1, -0.05) is 184 Å². The lowest BCUT2D eigenvalue weighted by molar-refractivity contribution is 0.660. The predicted octanol–water partition coefficient (Wildman–Crippen LogP) is 15.4. The maximum Gasteiger partial charge on any atom is 0.0624 e. The van der Waals surface area contributed by atoms with Gasteiger partial charge >= 0.3 is 0 Å². The molecule has 0 atom stereocenters. The lowest BCUT2D eigenvalue weighted by Crippen LogP contribution is -2.17. The van der Waals surface area contributed by atoms with Crippen LogP contribution < -0.4 is 4.90 Å². The van der Waals surface area contributed by atoms with Gasteiger partial charge in [0.2, 0.25) is 0 Å². The Balaban J connectivity index is 1.23. The van der Waals surface area contributed by atoms with E-state index >= 15 is 0 Å².